The number of pyridine rings is 1. The number of hydrogen-bond donors (Lipinski definition) is 3. The molecule has 0 unspecified atom stereocenters. The summed E-state index contributed by atoms with van der Waals surface area (Å²) >= 11 is 6.29. The first kappa shape index (κ1) is 24.3. The van der Waals surface area contributed by atoms with Crippen LogP contribution >= 0.6 is 11.6 Å². The smallest absolute Gasteiger partial charge is 0.256 e. The van der Waals surface area contributed by atoms with Gasteiger partial charge in [-0.3, -0.25) is 9.78 Å². The third-order valence-electron chi connectivity index (χ3n) is 6.70. The number of aliphatic hydroxyl groups excluding tert-OH is 1. The molecule has 188 valence electrons. The number of nitrogens with one attached hydrogen (secondary N) is 2. The normalized spacial score (nSPS) is 19.0. The van der Waals surface area contributed by atoms with Gasteiger partial charge in [0.15, 0.2) is 0 Å². The lowest BCUT2D eigenvalue weighted by Crippen LogP contribution is -2.39. The van der Waals surface area contributed by atoms with Gasteiger partial charge in [0.25, 0.3) is 5.91 Å². The minimum absolute atomic E-state index is 0.0213. The molecule has 1 saturated carbocycles. The standard InChI is InChI=1S/C26H29ClN6O3/c1-36-23-9-4-16(11-21(23)27)12-29-24-20(25(35)31-18-5-7-19(34)8-6-18)13-30-26(32-24)33-14-17-3-2-10-28-22(17)15-33/h2-4,9-11,13,18-19,34H,5-8,12,14-15H2,1H3,(H,31,35)(H,29,30,32)/t18-,19-. The van der Waals surface area contributed by atoms with Gasteiger partial charge in [0.1, 0.15) is 17.1 Å². The number of nitrogens with zero attached hydrogens (tertiary/aromatic N) is 4. The summed E-state index contributed by atoms with van der Waals surface area (Å²) in [7, 11) is 1.58. The van der Waals surface area contributed by atoms with Gasteiger partial charge >= 0.3 is 0 Å². The summed E-state index contributed by atoms with van der Waals surface area (Å²) < 4.78 is 5.24. The van der Waals surface area contributed by atoms with Crippen LogP contribution in [-0.2, 0) is 19.6 Å². The van der Waals surface area contributed by atoms with Crippen LogP contribution in [0.2, 0.25) is 5.02 Å². The number of halogens is 1. The topological polar surface area (TPSA) is 113 Å². The Balaban J connectivity index is 1.37. The average molecular weight is 509 g/mol. The molecule has 2 aromatic heterocycles. The van der Waals surface area contributed by atoms with E-state index in [9.17, 15) is 9.90 Å². The number of aromatic nitrogens is 3. The summed E-state index contributed by atoms with van der Waals surface area (Å²) in [5.74, 6) is 1.35. The van der Waals surface area contributed by atoms with Crippen molar-refractivity contribution in [3.8, 4) is 5.75 Å². The monoisotopic (exact) mass is 508 g/mol. The zero-order valence-electron chi connectivity index (χ0n) is 20.1. The average Bonchev–Trinajstić information content (AvgIpc) is 3.33. The van der Waals surface area contributed by atoms with E-state index in [0.717, 1.165) is 29.7 Å². The molecule has 3 heterocycles. The molecule has 0 saturated heterocycles. The van der Waals surface area contributed by atoms with E-state index in [4.69, 9.17) is 21.3 Å². The van der Waals surface area contributed by atoms with E-state index in [2.05, 4.69) is 26.7 Å². The molecule has 1 aromatic carbocycles. The van der Waals surface area contributed by atoms with Crippen molar-refractivity contribution in [3.63, 3.8) is 0 Å². The zero-order chi connectivity index (χ0) is 25.1. The Morgan fingerprint density at radius 2 is 2.03 bits per heavy atom. The van der Waals surface area contributed by atoms with Gasteiger partial charge in [0.2, 0.25) is 5.95 Å². The molecule has 0 bridgehead atoms. The summed E-state index contributed by atoms with van der Waals surface area (Å²) in [6.07, 6.45) is 5.95. The van der Waals surface area contributed by atoms with Crippen molar-refractivity contribution >= 4 is 29.3 Å². The van der Waals surface area contributed by atoms with Crippen LogP contribution in [0.3, 0.4) is 0 Å². The predicted octanol–water partition coefficient (Wildman–Crippen LogP) is 3.70. The number of carbonyl (C=O) groups excluding carboxylic acids is 1. The number of anilines is 2. The number of benzene rings is 1. The Morgan fingerprint density at radius 1 is 1.19 bits per heavy atom. The number of methoxy groups -OCH3 is 1. The number of rotatable bonds is 7. The van der Waals surface area contributed by atoms with Crippen LogP contribution in [0.15, 0.2) is 42.7 Å². The van der Waals surface area contributed by atoms with E-state index in [1.807, 2.05) is 29.2 Å². The fourth-order valence-corrected chi connectivity index (χ4v) is 4.94. The Labute approximate surface area is 214 Å². The van der Waals surface area contributed by atoms with Gasteiger partial charge in [0.05, 0.1) is 30.5 Å². The Kier molecular flexibility index (Phi) is 7.20. The summed E-state index contributed by atoms with van der Waals surface area (Å²) in [6, 6.07) is 9.55. The van der Waals surface area contributed by atoms with Crippen molar-refractivity contribution in [2.45, 2.75) is 57.5 Å². The number of fused-ring (bicyclic) bond motifs is 1. The highest BCUT2D eigenvalue weighted by Crippen LogP contribution is 2.28. The highest BCUT2D eigenvalue weighted by atomic mass is 35.5. The second kappa shape index (κ2) is 10.7. The molecule has 1 amide bonds. The summed E-state index contributed by atoms with van der Waals surface area (Å²) in [5, 5.41) is 16.7. The van der Waals surface area contributed by atoms with Gasteiger partial charge in [0, 0.05) is 31.5 Å². The van der Waals surface area contributed by atoms with Gasteiger partial charge in [-0.2, -0.15) is 4.98 Å². The molecule has 1 aliphatic heterocycles. The van der Waals surface area contributed by atoms with E-state index >= 15 is 0 Å². The van der Waals surface area contributed by atoms with E-state index in [-0.39, 0.29) is 18.1 Å². The van der Waals surface area contributed by atoms with Crippen molar-refractivity contribution in [2.75, 3.05) is 17.3 Å². The van der Waals surface area contributed by atoms with Crippen molar-refractivity contribution in [1.82, 2.24) is 20.3 Å². The maximum absolute atomic E-state index is 13.2. The summed E-state index contributed by atoms with van der Waals surface area (Å²) in [6.45, 7) is 1.68. The van der Waals surface area contributed by atoms with Crippen LogP contribution in [0.4, 0.5) is 11.8 Å². The molecule has 5 rings (SSSR count). The lowest BCUT2D eigenvalue weighted by molar-refractivity contribution is 0.0867. The first-order valence-corrected chi connectivity index (χ1v) is 12.5. The van der Waals surface area contributed by atoms with Gasteiger partial charge < -0.3 is 25.4 Å². The number of hydrogen-bond acceptors (Lipinski definition) is 8. The predicted molar refractivity (Wildman–Crippen MR) is 137 cm³/mol. The number of aliphatic hydroxyl groups is 1. The lowest BCUT2D eigenvalue weighted by Gasteiger charge is -2.26. The van der Waals surface area contributed by atoms with Crippen LogP contribution in [0.25, 0.3) is 0 Å². The van der Waals surface area contributed by atoms with Crippen molar-refractivity contribution in [2.24, 2.45) is 0 Å². The summed E-state index contributed by atoms with van der Waals surface area (Å²) in [5.41, 5.74) is 3.44. The van der Waals surface area contributed by atoms with Gasteiger partial charge in [-0.1, -0.05) is 23.7 Å². The zero-order valence-corrected chi connectivity index (χ0v) is 20.8. The fourth-order valence-electron chi connectivity index (χ4n) is 4.66. The van der Waals surface area contributed by atoms with Crippen molar-refractivity contribution in [1.29, 1.82) is 0 Å². The van der Waals surface area contributed by atoms with Gasteiger partial charge in [-0.15, -0.1) is 0 Å². The van der Waals surface area contributed by atoms with Crippen molar-refractivity contribution in [3.05, 3.63) is 70.1 Å². The maximum atomic E-state index is 13.2. The molecule has 9 nitrogen and oxygen atoms in total. The van der Waals surface area contributed by atoms with E-state index in [0.29, 0.717) is 60.6 Å². The van der Waals surface area contributed by atoms with E-state index < -0.39 is 0 Å². The lowest BCUT2D eigenvalue weighted by atomic mass is 9.93. The highest BCUT2D eigenvalue weighted by molar-refractivity contribution is 6.32. The van der Waals surface area contributed by atoms with Crippen LogP contribution in [0.5, 0.6) is 5.75 Å². The second-order valence-corrected chi connectivity index (χ2v) is 9.61. The maximum Gasteiger partial charge on any atom is 0.256 e. The minimum Gasteiger partial charge on any atom is -0.495 e. The SMILES string of the molecule is COc1ccc(CNc2nc(N3Cc4cccnc4C3)ncc2C(=O)N[C@H]2CC[C@H](O)CC2)cc1Cl. The molecular weight excluding hydrogens is 480 g/mol. The molecule has 0 radical (unpaired) electrons. The molecule has 2 aliphatic rings. The molecule has 1 fully saturated rings. The molecule has 10 heteroatoms. The molecule has 0 spiro atoms. The van der Waals surface area contributed by atoms with E-state index in [1.54, 1.807) is 19.5 Å². The first-order chi connectivity index (χ1) is 17.5. The van der Waals surface area contributed by atoms with Gasteiger partial charge in [-0.25, -0.2) is 4.98 Å². The Bertz CT molecular complexity index is 1220. The number of carbonyl (C=O) groups is 1. The molecular formula is C26H29ClN6O3. The van der Waals surface area contributed by atoms with Crippen molar-refractivity contribution < 1.29 is 14.6 Å². The number of amides is 1. The van der Waals surface area contributed by atoms with E-state index in [1.165, 1.54) is 0 Å². The third-order valence-corrected chi connectivity index (χ3v) is 6.99. The van der Waals surface area contributed by atoms with Crippen LogP contribution < -0.4 is 20.3 Å². The van der Waals surface area contributed by atoms with Crippen LogP contribution in [0.1, 0.15) is 52.9 Å². The number of ether oxygens (including phenoxy) is 1. The fraction of sp³-hybridized carbons (Fsp3) is 0.385. The molecule has 3 aromatic rings. The third kappa shape index (κ3) is 5.37. The quantitative estimate of drug-likeness (QED) is 0.443. The minimum atomic E-state index is -0.284. The molecule has 0 atom stereocenters. The van der Waals surface area contributed by atoms with Gasteiger partial charge in [-0.05, 0) is 55.0 Å². The Morgan fingerprint density at radius 3 is 2.78 bits per heavy atom. The highest BCUT2D eigenvalue weighted by Gasteiger charge is 2.26. The molecule has 3 N–H and O–H groups in total. The molecule has 36 heavy (non-hydrogen) atoms. The second-order valence-electron chi connectivity index (χ2n) is 9.20. The molecule has 1 aliphatic carbocycles. The summed E-state index contributed by atoms with van der Waals surface area (Å²) in [4.78, 5) is 29.0. The first-order valence-electron chi connectivity index (χ1n) is 12.1. The largest absolute Gasteiger partial charge is 0.495 e. The van der Waals surface area contributed by atoms with Crippen LogP contribution in [-0.4, -0.2) is 45.2 Å². The Hall–Kier alpha value is -3.43. The van der Waals surface area contributed by atoms with Crippen LogP contribution in [0, 0.1) is 0 Å².